The monoisotopic (exact) mass is 493 g/mol. The molecular formula is C9H12F9N3O4S3. The number of likely N-dealkylation sites (N-methyl/N-ethyl adjacent to an activating group) is 1. The molecule has 1 aliphatic rings. The molecule has 0 spiro atoms. The molecule has 0 unspecified atom stereocenters. The van der Waals surface area contributed by atoms with Crippen LogP contribution in [0.15, 0.2) is 0 Å². The molecule has 1 saturated heterocycles. The molecule has 0 aromatic heterocycles. The van der Waals surface area contributed by atoms with E-state index in [0.29, 0.717) is 4.31 Å². The first-order valence-corrected chi connectivity index (χ1v) is 10.5. The summed E-state index contributed by atoms with van der Waals surface area (Å²) >= 11 is -1.12. The average molecular weight is 493 g/mol. The Kier molecular flexibility index (Phi) is 6.97. The minimum absolute atomic E-state index is 0.0781. The summed E-state index contributed by atoms with van der Waals surface area (Å²) in [5.41, 5.74) is -6.48. The molecule has 0 aromatic carbocycles. The van der Waals surface area contributed by atoms with Crippen molar-refractivity contribution < 1.29 is 56.3 Å². The van der Waals surface area contributed by atoms with Crippen LogP contribution < -0.4 is 4.13 Å². The van der Waals surface area contributed by atoms with Crippen LogP contribution in [0.5, 0.6) is 0 Å². The summed E-state index contributed by atoms with van der Waals surface area (Å²) in [6, 6.07) is 0. The van der Waals surface area contributed by atoms with Gasteiger partial charge in [-0.25, -0.2) is 21.1 Å². The average Bonchev–Trinajstić information content (AvgIpc) is 2.46. The molecule has 0 atom stereocenters. The maximum Gasteiger partial charge on any atom is 0.512 e. The van der Waals surface area contributed by atoms with Gasteiger partial charge < -0.3 is 4.90 Å². The quantitative estimate of drug-likeness (QED) is 0.425. The molecule has 168 valence electrons. The van der Waals surface area contributed by atoms with Crippen molar-refractivity contribution in [3.8, 4) is 0 Å². The third kappa shape index (κ3) is 4.79. The van der Waals surface area contributed by atoms with Crippen LogP contribution in [0.2, 0.25) is 0 Å². The predicted molar refractivity (Wildman–Crippen MR) is 78.5 cm³/mol. The Labute approximate surface area is 157 Å². The summed E-state index contributed by atoms with van der Waals surface area (Å²) in [7, 11) is -13.0. The number of nitrogens with zero attached hydrogens (tertiary/aromatic N) is 2. The second-order valence-electron chi connectivity index (χ2n) is 5.47. The van der Waals surface area contributed by atoms with E-state index in [4.69, 9.17) is 0 Å². The Bertz CT molecular complexity index is 776. The largest absolute Gasteiger partial charge is 0.512 e. The zero-order valence-electron chi connectivity index (χ0n) is 13.5. The highest BCUT2D eigenvalue weighted by atomic mass is 32.3. The fourth-order valence-corrected chi connectivity index (χ4v) is 5.08. The van der Waals surface area contributed by atoms with Gasteiger partial charge in [-0.1, -0.05) is 4.13 Å². The van der Waals surface area contributed by atoms with Crippen molar-refractivity contribution in [3.05, 3.63) is 0 Å². The van der Waals surface area contributed by atoms with Crippen molar-refractivity contribution in [2.24, 2.45) is 0 Å². The van der Waals surface area contributed by atoms with Crippen molar-refractivity contribution >= 4 is 32.0 Å². The molecule has 0 aliphatic carbocycles. The maximum absolute atomic E-state index is 13.8. The van der Waals surface area contributed by atoms with Crippen molar-refractivity contribution in [1.82, 2.24) is 13.3 Å². The third-order valence-corrected chi connectivity index (χ3v) is 7.70. The van der Waals surface area contributed by atoms with Crippen LogP contribution in [-0.2, 0) is 20.0 Å². The first kappa shape index (κ1) is 25.5. The maximum atomic E-state index is 13.8. The Balaban J connectivity index is 3.17. The third-order valence-electron chi connectivity index (χ3n) is 3.30. The van der Waals surface area contributed by atoms with Crippen LogP contribution >= 0.6 is 11.9 Å². The van der Waals surface area contributed by atoms with Gasteiger partial charge in [0.05, 0.1) is 0 Å². The van der Waals surface area contributed by atoms with Gasteiger partial charge in [0.1, 0.15) is 0 Å². The van der Waals surface area contributed by atoms with Gasteiger partial charge in [0, 0.05) is 38.1 Å². The van der Waals surface area contributed by atoms with Gasteiger partial charge in [0.15, 0.2) is 0 Å². The van der Waals surface area contributed by atoms with Crippen LogP contribution in [0.1, 0.15) is 0 Å². The zero-order valence-corrected chi connectivity index (χ0v) is 15.9. The standard InChI is InChI=1S/C9H12F9N3O4S3/c1-20-2-4-21(5-3-20)26-7(12,13)6(10,11)8(14,15)27(22,23)19-28(24,25)9(16,17)18/h19H,2-5H2,1H3. The molecule has 0 amide bonds. The summed E-state index contributed by atoms with van der Waals surface area (Å²) in [4.78, 5) is 1.58. The predicted octanol–water partition coefficient (Wildman–Crippen LogP) is 1.47. The normalized spacial score (nSPS) is 19.8. The Morgan fingerprint density at radius 1 is 0.786 bits per heavy atom. The molecule has 19 heteroatoms. The van der Waals surface area contributed by atoms with Crippen LogP contribution in [0.3, 0.4) is 0 Å². The second kappa shape index (κ2) is 7.64. The minimum Gasteiger partial charge on any atom is -0.304 e. The SMILES string of the molecule is CN1CCN(SC(F)(F)C(F)(F)C(F)(F)S(=O)(=O)NS(=O)(=O)C(F)(F)F)CC1. The molecule has 1 rings (SSSR count). The fraction of sp³-hybridized carbons (Fsp3) is 1.00. The topological polar surface area (TPSA) is 86.8 Å². The van der Waals surface area contributed by atoms with Gasteiger partial charge in [0.25, 0.3) is 10.0 Å². The van der Waals surface area contributed by atoms with Crippen molar-refractivity contribution in [2.75, 3.05) is 33.2 Å². The zero-order chi connectivity index (χ0) is 22.4. The van der Waals surface area contributed by atoms with E-state index >= 15 is 0 Å². The molecule has 1 fully saturated rings. The number of nitrogens with one attached hydrogen (secondary N) is 1. The number of alkyl halides is 9. The number of piperazine rings is 1. The van der Waals surface area contributed by atoms with Crippen LogP contribution in [0, 0.1) is 0 Å². The number of rotatable bonds is 7. The summed E-state index contributed by atoms with van der Waals surface area (Å²) in [6.07, 6.45) is 0. The first-order chi connectivity index (χ1) is 12.2. The van der Waals surface area contributed by atoms with E-state index in [-0.39, 0.29) is 26.2 Å². The Hall–Kier alpha value is -0.500. The van der Waals surface area contributed by atoms with E-state index in [1.165, 1.54) is 0 Å². The summed E-state index contributed by atoms with van der Waals surface area (Å²) in [6.45, 7) is -0.443. The number of sulfonamides is 2. The van der Waals surface area contributed by atoms with Crippen LogP contribution in [-0.4, -0.2) is 81.2 Å². The second-order valence-corrected chi connectivity index (χ2v) is 10.3. The van der Waals surface area contributed by atoms with Crippen molar-refractivity contribution in [1.29, 1.82) is 0 Å². The van der Waals surface area contributed by atoms with E-state index in [0.717, 1.165) is 0 Å². The van der Waals surface area contributed by atoms with E-state index in [9.17, 15) is 56.3 Å². The van der Waals surface area contributed by atoms with Gasteiger partial charge in [-0.15, -0.1) is 0 Å². The van der Waals surface area contributed by atoms with Crippen LogP contribution in [0.4, 0.5) is 39.5 Å². The fourth-order valence-electron chi connectivity index (χ4n) is 1.68. The van der Waals surface area contributed by atoms with Crippen LogP contribution in [0.25, 0.3) is 0 Å². The first-order valence-electron chi connectivity index (χ1n) is 6.78. The van der Waals surface area contributed by atoms with E-state index in [2.05, 4.69) is 0 Å². The Morgan fingerprint density at radius 2 is 1.21 bits per heavy atom. The minimum atomic E-state index is -7.45. The molecule has 1 heterocycles. The molecule has 7 nitrogen and oxygen atoms in total. The molecule has 1 N–H and O–H groups in total. The van der Waals surface area contributed by atoms with E-state index in [1.807, 2.05) is 0 Å². The highest BCUT2D eigenvalue weighted by Crippen LogP contribution is 2.54. The molecule has 0 radical (unpaired) electrons. The van der Waals surface area contributed by atoms with Gasteiger partial charge in [-0.05, 0) is 7.05 Å². The summed E-state index contributed by atoms with van der Waals surface area (Å²) in [5, 5.41) is -12.7. The highest BCUT2D eigenvalue weighted by molar-refractivity contribution is 8.05. The van der Waals surface area contributed by atoms with Gasteiger partial charge in [-0.2, -0.15) is 39.5 Å². The number of halogens is 9. The molecule has 0 bridgehead atoms. The van der Waals surface area contributed by atoms with E-state index in [1.54, 1.807) is 11.9 Å². The molecule has 0 saturated carbocycles. The van der Waals surface area contributed by atoms with Gasteiger partial charge >= 0.3 is 32.0 Å². The molecule has 1 aliphatic heterocycles. The van der Waals surface area contributed by atoms with Crippen molar-refractivity contribution in [2.45, 2.75) is 21.9 Å². The lowest BCUT2D eigenvalue weighted by Gasteiger charge is -2.37. The molecule has 0 aromatic rings. The summed E-state index contributed by atoms with van der Waals surface area (Å²) in [5.74, 6) is -6.78. The lowest BCUT2D eigenvalue weighted by atomic mass is 10.3. The summed E-state index contributed by atoms with van der Waals surface area (Å²) < 4.78 is 162. The smallest absolute Gasteiger partial charge is 0.304 e. The molecule has 28 heavy (non-hydrogen) atoms. The lowest BCUT2D eigenvalue weighted by Crippen LogP contribution is -2.61. The molecular weight excluding hydrogens is 481 g/mol. The Morgan fingerprint density at radius 3 is 1.61 bits per heavy atom. The van der Waals surface area contributed by atoms with Crippen molar-refractivity contribution in [3.63, 3.8) is 0 Å². The van der Waals surface area contributed by atoms with Gasteiger partial charge in [0.2, 0.25) is 0 Å². The lowest BCUT2D eigenvalue weighted by molar-refractivity contribution is -0.241. The number of hydrogen-bond acceptors (Lipinski definition) is 7. The number of hydrogen-bond donors (Lipinski definition) is 1. The highest BCUT2D eigenvalue weighted by Gasteiger charge is 2.79. The van der Waals surface area contributed by atoms with E-state index < -0.39 is 58.1 Å². The van der Waals surface area contributed by atoms with Gasteiger partial charge in [-0.3, -0.25) is 0 Å².